The van der Waals surface area contributed by atoms with Crippen molar-refractivity contribution in [1.82, 2.24) is 10.3 Å². The van der Waals surface area contributed by atoms with Gasteiger partial charge in [-0.3, -0.25) is 0 Å². The summed E-state index contributed by atoms with van der Waals surface area (Å²) < 4.78 is 0. The fraction of sp³-hybridized carbons (Fsp3) is 0.308. The lowest BCUT2D eigenvalue weighted by atomic mass is 10.2. The summed E-state index contributed by atoms with van der Waals surface area (Å²) in [6.45, 7) is 0.858. The lowest BCUT2D eigenvalue weighted by Crippen LogP contribution is -2.14. The van der Waals surface area contributed by atoms with Crippen LogP contribution in [0.3, 0.4) is 0 Å². The van der Waals surface area contributed by atoms with E-state index in [4.69, 9.17) is 23.2 Å². The van der Waals surface area contributed by atoms with E-state index in [9.17, 15) is 0 Å². The van der Waals surface area contributed by atoms with E-state index in [0.717, 1.165) is 22.8 Å². The summed E-state index contributed by atoms with van der Waals surface area (Å²) in [5, 5.41) is 7.78. The number of hydrogen-bond acceptors (Lipinski definition) is 3. The summed E-state index contributed by atoms with van der Waals surface area (Å²) in [6.07, 6.45) is 2.59. The maximum atomic E-state index is 6.01. The lowest BCUT2D eigenvalue weighted by Gasteiger charge is -2.00. The Labute approximate surface area is 120 Å². The highest BCUT2D eigenvalue weighted by Crippen LogP contribution is 2.29. The smallest absolute Gasteiger partial charge is 0.107 e. The topological polar surface area (TPSA) is 24.9 Å². The predicted molar refractivity (Wildman–Crippen MR) is 77.4 cm³/mol. The summed E-state index contributed by atoms with van der Waals surface area (Å²) in [5.74, 6) is 0. The van der Waals surface area contributed by atoms with E-state index < -0.39 is 0 Å². The first-order chi connectivity index (χ1) is 8.72. The van der Waals surface area contributed by atoms with Gasteiger partial charge in [-0.2, -0.15) is 0 Å². The maximum absolute atomic E-state index is 6.01. The van der Waals surface area contributed by atoms with Gasteiger partial charge in [0, 0.05) is 23.5 Å². The summed E-state index contributed by atoms with van der Waals surface area (Å²) in [4.78, 5) is 4.61. The highest BCUT2D eigenvalue weighted by Gasteiger charge is 2.20. The number of rotatable bonds is 4. The maximum Gasteiger partial charge on any atom is 0.107 e. The quantitative estimate of drug-likeness (QED) is 0.907. The van der Waals surface area contributed by atoms with Crippen LogP contribution in [0.5, 0.6) is 0 Å². The first-order valence-corrected chi connectivity index (χ1v) is 7.49. The van der Waals surface area contributed by atoms with Crippen LogP contribution in [0.4, 0.5) is 0 Å². The average Bonchev–Trinajstić information content (AvgIpc) is 3.08. The SMILES string of the molecule is Clc1ccc(-c2csc(CNC3CC3)n2)cc1Cl. The summed E-state index contributed by atoms with van der Waals surface area (Å²) >= 11 is 13.6. The van der Waals surface area contributed by atoms with Crippen LogP contribution in [0.15, 0.2) is 23.6 Å². The second kappa shape index (κ2) is 5.17. The van der Waals surface area contributed by atoms with Crippen LogP contribution in [0.2, 0.25) is 10.0 Å². The van der Waals surface area contributed by atoms with Crippen LogP contribution in [0, 0.1) is 0 Å². The molecule has 0 atom stereocenters. The van der Waals surface area contributed by atoms with Gasteiger partial charge in [0.15, 0.2) is 0 Å². The van der Waals surface area contributed by atoms with Gasteiger partial charge in [0.1, 0.15) is 5.01 Å². The molecule has 0 radical (unpaired) electrons. The van der Waals surface area contributed by atoms with Crippen molar-refractivity contribution in [2.24, 2.45) is 0 Å². The van der Waals surface area contributed by atoms with Gasteiger partial charge in [-0.25, -0.2) is 4.98 Å². The normalized spacial score (nSPS) is 15.0. The molecule has 0 aliphatic heterocycles. The van der Waals surface area contributed by atoms with Gasteiger partial charge in [0.2, 0.25) is 0 Å². The van der Waals surface area contributed by atoms with Crippen molar-refractivity contribution < 1.29 is 0 Å². The second-order valence-corrected chi connectivity index (χ2v) is 6.17. The van der Waals surface area contributed by atoms with Crippen molar-refractivity contribution >= 4 is 34.5 Å². The summed E-state index contributed by atoms with van der Waals surface area (Å²) in [6, 6.07) is 6.32. The Balaban J connectivity index is 1.76. The third kappa shape index (κ3) is 2.86. The molecule has 0 saturated heterocycles. The van der Waals surface area contributed by atoms with Gasteiger partial charge < -0.3 is 5.32 Å². The first-order valence-electron chi connectivity index (χ1n) is 5.85. The largest absolute Gasteiger partial charge is 0.308 e. The molecular formula is C13H12Cl2N2S. The molecule has 0 spiro atoms. The van der Waals surface area contributed by atoms with Gasteiger partial charge in [0.05, 0.1) is 15.7 Å². The Bertz CT molecular complexity index is 564. The van der Waals surface area contributed by atoms with E-state index in [1.165, 1.54) is 12.8 Å². The molecule has 1 heterocycles. The minimum atomic E-state index is 0.569. The van der Waals surface area contributed by atoms with Crippen molar-refractivity contribution in [3.63, 3.8) is 0 Å². The minimum Gasteiger partial charge on any atom is -0.308 e. The van der Waals surface area contributed by atoms with Crippen LogP contribution in [-0.2, 0) is 6.54 Å². The van der Waals surface area contributed by atoms with Crippen molar-refractivity contribution in [2.45, 2.75) is 25.4 Å². The molecule has 1 N–H and O–H groups in total. The average molecular weight is 299 g/mol. The van der Waals surface area contributed by atoms with E-state index >= 15 is 0 Å². The van der Waals surface area contributed by atoms with E-state index in [0.29, 0.717) is 16.1 Å². The van der Waals surface area contributed by atoms with Crippen LogP contribution in [0.1, 0.15) is 17.8 Å². The first kappa shape index (κ1) is 12.4. The molecule has 1 aliphatic rings. The number of hydrogen-bond donors (Lipinski definition) is 1. The van der Waals surface area contributed by atoms with E-state index in [1.54, 1.807) is 17.4 Å². The molecule has 2 aromatic rings. The van der Waals surface area contributed by atoms with Crippen molar-refractivity contribution in [1.29, 1.82) is 0 Å². The molecule has 94 valence electrons. The summed E-state index contributed by atoms with van der Waals surface area (Å²) in [5.41, 5.74) is 1.98. The molecule has 5 heteroatoms. The highest BCUT2D eigenvalue weighted by molar-refractivity contribution is 7.09. The van der Waals surface area contributed by atoms with E-state index in [-0.39, 0.29) is 0 Å². The number of thiazole rings is 1. The molecule has 0 bridgehead atoms. The number of nitrogens with one attached hydrogen (secondary N) is 1. The molecule has 1 saturated carbocycles. The molecule has 1 fully saturated rings. The highest BCUT2D eigenvalue weighted by atomic mass is 35.5. The lowest BCUT2D eigenvalue weighted by molar-refractivity contribution is 0.685. The summed E-state index contributed by atoms with van der Waals surface area (Å²) in [7, 11) is 0. The molecule has 18 heavy (non-hydrogen) atoms. The van der Waals surface area contributed by atoms with E-state index in [1.807, 2.05) is 12.1 Å². The van der Waals surface area contributed by atoms with Gasteiger partial charge in [0.25, 0.3) is 0 Å². The van der Waals surface area contributed by atoms with Crippen LogP contribution in [0.25, 0.3) is 11.3 Å². The fourth-order valence-corrected chi connectivity index (χ4v) is 2.75. The van der Waals surface area contributed by atoms with Gasteiger partial charge >= 0.3 is 0 Å². The van der Waals surface area contributed by atoms with Crippen LogP contribution >= 0.6 is 34.5 Å². The zero-order valence-electron chi connectivity index (χ0n) is 9.62. The van der Waals surface area contributed by atoms with Crippen LogP contribution in [-0.4, -0.2) is 11.0 Å². The van der Waals surface area contributed by atoms with Gasteiger partial charge in [-0.05, 0) is 25.0 Å². The molecule has 0 unspecified atom stereocenters. The third-order valence-corrected chi connectivity index (χ3v) is 4.47. The Hall–Kier alpha value is -0.610. The molecule has 1 aromatic heterocycles. The zero-order valence-corrected chi connectivity index (χ0v) is 11.9. The molecule has 2 nitrogen and oxygen atoms in total. The molecular weight excluding hydrogens is 287 g/mol. The number of aromatic nitrogens is 1. The van der Waals surface area contributed by atoms with Crippen molar-refractivity contribution in [2.75, 3.05) is 0 Å². The molecule has 1 aromatic carbocycles. The number of halogens is 2. The monoisotopic (exact) mass is 298 g/mol. The fourth-order valence-electron chi connectivity index (χ4n) is 1.70. The standard InChI is InChI=1S/C13H12Cl2N2S/c14-10-4-1-8(5-11(10)15)12-7-18-13(17-12)6-16-9-2-3-9/h1,4-5,7,9,16H,2-3,6H2. The molecule has 3 rings (SSSR count). The van der Waals surface area contributed by atoms with Gasteiger partial charge in [-0.1, -0.05) is 29.3 Å². The van der Waals surface area contributed by atoms with E-state index in [2.05, 4.69) is 15.7 Å². The predicted octanol–water partition coefficient (Wildman–Crippen LogP) is 4.37. The Morgan fingerprint density at radius 2 is 2.11 bits per heavy atom. The third-order valence-electron chi connectivity index (χ3n) is 2.89. The van der Waals surface area contributed by atoms with Crippen molar-refractivity contribution in [3.8, 4) is 11.3 Å². The Kier molecular flexibility index (Phi) is 3.57. The Morgan fingerprint density at radius 3 is 2.83 bits per heavy atom. The van der Waals surface area contributed by atoms with Crippen LogP contribution < -0.4 is 5.32 Å². The van der Waals surface area contributed by atoms with Gasteiger partial charge in [-0.15, -0.1) is 11.3 Å². The molecule has 1 aliphatic carbocycles. The number of benzene rings is 1. The minimum absolute atomic E-state index is 0.569. The van der Waals surface area contributed by atoms with Crippen molar-refractivity contribution in [3.05, 3.63) is 38.6 Å². The Morgan fingerprint density at radius 1 is 1.28 bits per heavy atom. The number of nitrogens with zero attached hydrogens (tertiary/aromatic N) is 1. The molecule has 0 amide bonds. The second-order valence-electron chi connectivity index (χ2n) is 4.41. The zero-order chi connectivity index (χ0) is 12.5.